The van der Waals surface area contributed by atoms with Crippen molar-refractivity contribution >= 4 is 35.2 Å². The number of hydrogen-bond acceptors (Lipinski definition) is 2. The van der Waals surface area contributed by atoms with Crippen molar-refractivity contribution in [2.75, 3.05) is 26.2 Å². The van der Waals surface area contributed by atoms with E-state index in [0.29, 0.717) is 10.0 Å². The second kappa shape index (κ2) is 8.52. The standard InChI is InChI=1S/C20H20Cl2N2O/c21-18-8-6-17(14-19(18)22)15-23-10-12-24(13-11-23)20(25)9-7-16-4-2-1-3-5-16/h1-9,14H,10-13,15H2/b9-7+. The van der Waals surface area contributed by atoms with Crippen molar-refractivity contribution in [3.63, 3.8) is 0 Å². The van der Waals surface area contributed by atoms with E-state index in [-0.39, 0.29) is 5.91 Å². The van der Waals surface area contributed by atoms with Gasteiger partial charge in [0.05, 0.1) is 10.0 Å². The fraction of sp³-hybridized carbons (Fsp3) is 0.250. The highest BCUT2D eigenvalue weighted by Gasteiger charge is 2.19. The lowest BCUT2D eigenvalue weighted by Crippen LogP contribution is -2.47. The third-order valence-electron chi connectivity index (χ3n) is 4.29. The predicted octanol–water partition coefficient (Wildman–Crippen LogP) is 4.35. The normalized spacial score (nSPS) is 15.7. The van der Waals surface area contributed by atoms with E-state index in [4.69, 9.17) is 23.2 Å². The molecule has 1 heterocycles. The fourth-order valence-electron chi connectivity index (χ4n) is 2.86. The summed E-state index contributed by atoms with van der Waals surface area (Å²) < 4.78 is 0. The lowest BCUT2D eigenvalue weighted by molar-refractivity contribution is -0.127. The minimum atomic E-state index is 0.0676. The summed E-state index contributed by atoms with van der Waals surface area (Å²) in [5, 5.41) is 1.16. The van der Waals surface area contributed by atoms with Gasteiger partial charge in [-0.15, -0.1) is 0 Å². The highest BCUT2D eigenvalue weighted by molar-refractivity contribution is 6.42. The van der Waals surface area contributed by atoms with Crippen LogP contribution in [0.4, 0.5) is 0 Å². The molecule has 0 spiro atoms. The van der Waals surface area contributed by atoms with Gasteiger partial charge in [-0.3, -0.25) is 9.69 Å². The van der Waals surface area contributed by atoms with Gasteiger partial charge in [0.2, 0.25) is 5.91 Å². The number of hydrogen-bond donors (Lipinski definition) is 0. The van der Waals surface area contributed by atoms with Crippen molar-refractivity contribution in [3.05, 3.63) is 75.8 Å². The molecule has 0 N–H and O–H groups in total. The zero-order chi connectivity index (χ0) is 17.6. The SMILES string of the molecule is O=C(/C=C/c1ccccc1)N1CCN(Cc2ccc(Cl)c(Cl)c2)CC1. The van der Waals surface area contributed by atoms with E-state index in [9.17, 15) is 4.79 Å². The van der Waals surface area contributed by atoms with Crippen LogP contribution < -0.4 is 0 Å². The minimum Gasteiger partial charge on any atom is -0.337 e. The second-order valence-corrected chi connectivity index (χ2v) is 6.91. The van der Waals surface area contributed by atoms with Crippen LogP contribution in [0.1, 0.15) is 11.1 Å². The Labute approximate surface area is 158 Å². The Morgan fingerprint density at radius 3 is 2.36 bits per heavy atom. The van der Waals surface area contributed by atoms with Crippen LogP contribution in [0.3, 0.4) is 0 Å². The summed E-state index contributed by atoms with van der Waals surface area (Å²) in [4.78, 5) is 16.5. The van der Waals surface area contributed by atoms with E-state index in [1.165, 1.54) is 0 Å². The first-order chi connectivity index (χ1) is 12.1. The molecule has 0 aromatic heterocycles. The number of nitrogens with zero attached hydrogens (tertiary/aromatic N) is 2. The van der Waals surface area contributed by atoms with Gasteiger partial charge in [-0.05, 0) is 29.3 Å². The molecular formula is C20H20Cl2N2O. The number of rotatable bonds is 4. The van der Waals surface area contributed by atoms with Crippen LogP contribution in [0, 0.1) is 0 Å². The number of carbonyl (C=O) groups excluding carboxylic acids is 1. The smallest absolute Gasteiger partial charge is 0.246 e. The van der Waals surface area contributed by atoms with Crippen molar-refractivity contribution in [1.29, 1.82) is 0 Å². The molecule has 2 aromatic rings. The van der Waals surface area contributed by atoms with E-state index in [1.807, 2.05) is 59.5 Å². The van der Waals surface area contributed by atoms with Gasteiger partial charge >= 0.3 is 0 Å². The number of piperazine rings is 1. The maximum absolute atomic E-state index is 12.3. The molecular weight excluding hydrogens is 355 g/mol. The predicted molar refractivity (Wildman–Crippen MR) is 104 cm³/mol. The summed E-state index contributed by atoms with van der Waals surface area (Å²) in [6, 6.07) is 15.6. The Morgan fingerprint density at radius 2 is 1.68 bits per heavy atom. The van der Waals surface area contributed by atoms with Gasteiger partial charge in [-0.2, -0.15) is 0 Å². The Balaban J connectivity index is 1.50. The van der Waals surface area contributed by atoms with Crippen LogP contribution in [0.5, 0.6) is 0 Å². The Hall–Kier alpha value is -1.81. The molecule has 0 bridgehead atoms. The van der Waals surface area contributed by atoms with Crippen LogP contribution in [0.25, 0.3) is 6.08 Å². The van der Waals surface area contributed by atoms with E-state index in [2.05, 4.69) is 4.90 Å². The van der Waals surface area contributed by atoms with Crippen molar-refractivity contribution in [3.8, 4) is 0 Å². The highest BCUT2D eigenvalue weighted by atomic mass is 35.5. The van der Waals surface area contributed by atoms with Crippen molar-refractivity contribution in [2.45, 2.75) is 6.54 Å². The van der Waals surface area contributed by atoms with E-state index < -0.39 is 0 Å². The quantitative estimate of drug-likeness (QED) is 0.742. The molecule has 1 aliphatic heterocycles. The average Bonchev–Trinajstić information content (AvgIpc) is 2.64. The number of benzene rings is 2. The molecule has 3 rings (SSSR count). The molecule has 0 saturated carbocycles. The first kappa shape index (κ1) is 18.0. The summed E-state index contributed by atoms with van der Waals surface area (Å²) in [5.74, 6) is 0.0676. The molecule has 1 aliphatic rings. The summed E-state index contributed by atoms with van der Waals surface area (Å²) >= 11 is 12.0. The third-order valence-corrected chi connectivity index (χ3v) is 5.03. The maximum atomic E-state index is 12.3. The summed E-state index contributed by atoms with van der Waals surface area (Å²) in [6.45, 7) is 3.99. The lowest BCUT2D eigenvalue weighted by atomic mass is 10.2. The van der Waals surface area contributed by atoms with Gasteiger partial charge in [-0.1, -0.05) is 59.6 Å². The summed E-state index contributed by atoms with van der Waals surface area (Å²) in [7, 11) is 0. The Kier molecular flexibility index (Phi) is 6.14. The maximum Gasteiger partial charge on any atom is 0.246 e. The number of carbonyl (C=O) groups is 1. The average molecular weight is 375 g/mol. The molecule has 2 aromatic carbocycles. The molecule has 3 nitrogen and oxygen atoms in total. The van der Waals surface area contributed by atoms with Gasteiger partial charge in [0, 0.05) is 38.8 Å². The van der Waals surface area contributed by atoms with Crippen LogP contribution in [-0.4, -0.2) is 41.9 Å². The topological polar surface area (TPSA) is 23.6 Å². The van der Waals surface area contributed by atoms with Crippen molar-refractivity contribution in [1.82, 2.24) is 9.80 Å². The fourth-order valence-corrected chi connectivity index (χ4v) is 3.18. The molecule has 5 heteroatoms. The van der Waals surface area contributed by atoms with Crippen LogP contribution in [-0.2, 0) is 11.3 Å². The zero-order valence-corrected chi connectivity index (χ0v) is 15.4. The molecule has 0 aliphatic carbocycles. The van der Waals surface area contributed by atoms with Crippen LogP contribution >= 0.6 is 23.2 Å². The largest absolute Gasteiger partial charge is 0.337 e. The number of halogens is 2. The molecule has 1 amide bonds. The molecule has 0 unspecified atom stereocenters. The zero-order valence-electron chi connectivity index (χ0n) is 13.9. The first-order valence-electron chi connectivity index (χ1n) is 8.30. The summed E-state index contributed by atoms with van der Waals surface area (Å²) in [6.07, 6.45) is 3.52. The monoisotopic (exact) mass is 374 g/mol. The van der Waals surface area contributed by atoms with E-state index in [0.717, 1.165) is 43.9 Å². The van der Waals surface area contributed by atoms with Gasteiger partial charge in [0.25, 0.3) is 0 Å². The van der Waals surface area contributed by atoms with E-state index >= 15 is 0 Å². The second-order valence-electron chi connectivity index (χ2n) is 6.09. The van der Waals surface area contributed by atoms with Crippen LogP contribution in [0.15, 0.2) is 54.6 Å². The van der Waals surface area contributed by atoms with E-state index in [1.54, 1.807) is 6.08 Å². The van der Waals surface area contributed by atoms with Crippen LogP contribution in [0.2, 0.25) is 10.0 Å². The van der Waals surface area contributed by atoms with Gasteiger partial charge < -0.3 is 4.90 Å². The lowest BCUT2D eigenvalue weighted by Gasteiger charge is -2.34. The third kappa shape index (κ3) is 5.08. The Morgan fingerprint density at radius 1 is 0.960 bits per heavy atom. The summed E-state index contributed by atoms with van der Waals surface area (Å²) in [5.41, 5.74) is 2.17. The van der Waals surface area contributed by atoms with Gasteiger partial charge in [0.1, 0.15) is 0 Å². The first-order valence-corrected chi connectivity index (χ1v) is 9.06. The highest BCUT2D eigenvalue weighted by Crippen LogP contribution is 2.23. The number of amides is 1. The van der Waals surface area contributed by atoms with Gasteiger partial charge in [0.15, 0.2) is 0 Å². The van der Waals surface area contributed by atoms with Crippen molar-refractivity contribution in [2.24, 2.45) is 0 Å². The molecule has 1 fully saturated rings. The molecule has 0 atom stereocenters. The van der Waals surface area contributed by atoms with Gasteiger partial charge in [-0.25, -0.2) is 0 Å². The minimum absolute atomic E-state index is 0.0676. The molecule has 130 valence electrons. The molecule has 0 radical (unpaired) electrons. The Bertz CT molecular complexity index is 754. The molecule has 1 saturated heterocycles. The molecule has 25 heavy (non-hydrogen) atoms. The van der Waals surface area contributed by atoms with Crippen molar-refractivity contribution < 1.29 is 4.79 Å².